The lowest BCUT2D eigenvalue weighted by atomic mass is 9.46. The Kier molecular flexibility index (Phi) is 4.32. The van der Waals surface area contributed by atoms with Crippen molar-refractivity contribution in [2.45, 2.75) is 66.7 Å². The lowest BCUT2D eigenvalue weighted by Crippen LogP contribution is -2.52. The predicted molar refractivity (Wildman–Crippen MR) is 101 cm³/mol. The predicted octanol–water partition coefficient (Wildman–Crippen LogP) is 6.51. The van der Waals surface area contributed by atoms with Crippen LogP contribution in [0, 0.1) is 10.8 Å². The summed E-state index contributed by atoms with van der Waals surface area (Å²) in [6.07, 6.45) is 5.05. The molecule has 0 saturated carbocycles. The standard InChI is InChI=1S/C23H30O/c1-6-22-12-16(2)18(4)14-23(22,15-19(5)17(3)13-22)21(24)20-10-8-7-9-11-20/h7-11H,6,12-15H2,1-5H3. The summed E-state index contributed by atoms with van der Waals surface area (Å²) in [4.78, 5) is 13.8. The zero-order chi connectivity index (χ0) is 17.5. The molecule has 0 fully saturated rings. The molecule has 0 radical (unpaired) electrons. The minimum Gasteiger partial charge on any atom is -0.294 e. The van der Waals surface area contributed by atoms with Crippen molar-refractivity contribution in [3.8, 4) is 0 Å². The minimum absolute atomic E-state index is 0.0765. The van der Waals surface area contributed by atoms with Crippen LogP contribution in [0.1, 0.15) is 77.1 Å². The van der Waals surface area contributed by atoms with Gasteiger partial charge in [-0.2, -0.15) is 0 Å². The van der Waals surface area contributed by atoms with E-state index in [9.17, 15) is 4.79 Å². The fourth-order valence-electron chi connectivity index (χ4n) is 5.22. The first-order valence-electron chi connectivity index (χ1n) is 9.25. The monoisotopic (exact) mass is 322 g/mol. The molecule has 24 heavy (non-hydrogen) atoms. The Bertz CT molecular complexity index is 688. The van der Waals surface area contributed by atoms with Gasteiger partial charge in [0.1, 0.15) is 0 Å². The number of carbonyl (C=O) groups excluding carboxylic acids is 1. The second-order valence-electron chi connectivity index (χ2n) is 8.24. The van der Waals surface area contributed by atoms with Crippen molar-refractivity contribution in [2.75, 3.05) is 0 Å². The maximum atomic E-state index is 13.8. The van der Waals surface area contributed by atoms with Gasteiger partial charge < -0.3 is 0 Å². The summed E-state index contributed by atoms with van der Waals surface area (Å²) in [7, 11) is 0. The molecule has 0 bridgehead atoms. The van der Waals surface area contributed by atoms with E-state index in [1.807, 2.05) is 30.3 Å². The average Bonchev–Trinajstić information content (AvgIpc) is 2.58. The molecule has 1 aromatic carbocycles. The van der Waals surface area contributed by atoms with Crippen molar-refractivity contribution in [2.24, 2.45) is 10.8 Å². The first-order valence-corrected chi connectivity index (χ1v) is 9.25. The van der Waals surface area contributed by atoms with Crippen LogP contribution in [0.3, 0.4) is 0 Å². The Balaban J connectivity index is 2.20. The van der Waals surface area contributed by atoms with E-state index in [0.29, 0.717) is 5.78 Å². The topological polar surface area (TPSA) is 17.1 Å². The summed E-state index contributed by atoms with van der Waals surface area (Å²) in [5.74, 6) is 0.364. The Morgan fingerprint density at radius 1 is 0.833 bits per heavy atom. The summed E-state index contributed by atoms with van der Waals surface area (Å²) < 4.78 is 0. The SMILES string of the molecule is CCC12CC(C)=C(C)CC1(C(=O)c1ccccc1)CC(C)=C(C)C2. The van der Waals surface area contributed by atoms with Crippen molar-refractivity contribution < 1.29 is 4.79 Å². The van der Waals surface area contributed by atoms with E-state index in [2.05, 4.69) is 34.6 Å². The number of rotatable bonds is 3. The molecule has 2 aliphatic carbocycles. The van der Waals surface area contributed by atoms with E-state index in [1.165, 1.54) is 22.3 Å². The summed E-state index contributed by atoms with van der Waals surface area (Å²) in [5, 5.41) is 0. The van der Waals surface area contributed by atoms with Crippen LogP contribution in [-0.4, -0.2) is 5.78 Å². The van der Waals surface area contributed by atoms with Crippen LogP contribution in [0.5, 0.6) is 0 Å². The van der Waals surface area contributed by atoms with Crippen molar-refractivity contribution in [3.63, 3.8) is 0 Å². The molecule has 1 aromatic rings. The maximum Gasteiger partial charge on any atom is 0.170 e. The van der Waals surface area contributed by atoms with Gasteiger partial charge in [0.25, 0.3) is 0 Å². The molecule has 0 saturated heterocycles. The number of carbonyl (C=O) groups is 1. The van der Waals surface area contributed by atoms with Crippen molar-refractivity contribution in [1.82, 2.24) is 0 Å². The quantitative estimate of drug-likeness (QED) is 0.458. The normalized spacial score (nSPS) is 30.4. The second kappa shape index (κ2) is 6.02. The number of hydrogen-bond donors (Lipinski definition) is 0. The number of ketones is 1. The fourth-order valence-corrected chi connectivity index (χ4v) is 5.22. The lowest BCUT2D eigenvalue weighted by molar-refractivity contribution is 0.0123. The second-order valence-corrected chi connectivity index (χ2v) is 8.24. The fraction of sp³-hybridized carbons (Fsp3) is 0.522. The molecule has 0 aliphatic heterocycles. The van der Waals surface area contributed by atoms with Gasteiger partial charge in [-0.25, -0.2) is 0 Å². The Morgan fingerprint density at radius 3 is 1.75 bits per heavy atom. The van der Waals surface area contributed by atoms with Crippen LogP contribution < -0.4 is 0 Å². The van der Waals surface area contributed by atoms with Gasteiger partial charge in [0.15, 0.2) is 5.78 Å². The molecular formula is C23H30O. The highest BCUT2D eigenvalue weighted by Gasteiger charge is 2.58. The zero-order valence-corrected chi connectivity index (χ0v) is 15.8. The summed E-state index contributed by atoms with van der Waals surface area (Å²) in [6.45, 7) is 11.3. The summed E-state index contributed by atoms with van der Waals surface area (Å²) >= 11 is 0. The molecule has 2 aliphatic rings. The molecule has 0 atom stereocenters. The van der Waals surface area contributed by atoms with Gasteiger partial charge in [-0.1, -0.05) is 59.5 Å². The highest BCUT2D eigenvalue weighted by Crippen LogP contribution is 2.63. The molecule has 0 amide bonds. The van der Waals surface area contributed by atoms with Crippen LogP contribution >= 0.6 is 0 Å². The number of Topliss-reactive ketones (excluding diaryl/α,β-unsaturated/α-hetero) is 1. The van der Waals surface area contributed by atoms with Crippen molar-refractivity contribution in [3.05, 3.63) is 58.2 Å². The molecule has 3 rings (SSSR count). The van der Waals surface area contributed by atoms with Crippen LogP contribution in [0.15, 0.2) is 52.6 Å². The minimum atomic E-state index is -0.268. The lowest BCUT2D eigenvalue weighted by Gasteiger charge is -2.56. The third-order valence-corrected chi connectivity index (χ3v) is 6.96. The Hall–Kier alpha value is -1.63. The summed E-state index contributed by atoms with van der Waals surface area (Å²) in [5.41, 5.74) is 6.55. The maximum absolute atomic E-state index is 13.8. The van der Waals surface area contributed by atoms with Gasteiger partial charge in [0.2, 0.25) is 0 Å². The number of benzene rings is 1. The van der Waals surface area contributed by atoms with E-state index in [1.54, 1.807) is 0 Å². The van der Waals surface area contributed by atoms with Gasteiger partial charge in [0.05, 0.1) is 0 Å². The molecule has 0 unspecified atom stereocenters. The van der Waals surface area contributed by atoms with Crippen molar-refractivity contribution in [1.29, 1.82) is 0 Å². The van der Waals surface area contributed by atoms with E-state index in [4.69, 9.17) is 0 Å². The van der Waals surface area contributed by atoms with Crippen molar-refractivity contribution >= 4 is 5.78 Å². The average molecular weight is 322 g/mol. The number of hydrogen-bond acceptors (Lipinski definition) is 1. The first kappa shape index (κ1) is 17.2. The highest BCUT2D eigenvalue weighted by molar-refractivity contribution is 6.02. The van der Waals surface area contributed by atoms with Gasteiger partial charge >= 0.3 is 0 Å². The van der Waals surface area contributed by atoms with E-state index in [-0.39, 0.29) is 10.8 Å². The first-order chi connectivity index (χ1) is 11.3. The number of allylic oxidation sites excluding steroid dienone is 4. The third-order valence-electron chi connectivity index (χ3n) is 6.96. The largest absolute Gasteiger partial charge is 0.294 e. The number of fused-ring (bicyclic) bond motifs is 1. The molecule has 0 aromatic heterocycles. The van der Waals surface area contributed by atoms with Gasteiger partial charge in [0, 0.05) is 11.0 Å². The molecule has 1 heteroatoms. The van der Waals surface area contributed by atoms with Gasteiger partial charge in [-0.05, 0) is 65.2 Å². The smallest absolute Gasteiger partial charge is 0.170 e. The third kappa shape index (κ3) is 2.41. The molecule has 128 valence electrons. The molecule has 0 N–H and O–H groups in total. The Labute approximate surface area is 146 Å². The molecule has 0 spiro atoms. The van der Waals surface area contributed by atoms with E-state index in [0.717, 1.165) is 37.7 Å². The Morgan fingerprint density at radius 2 is 1.29 bits per heavy atom. The molecular weight excluding hydrogens is 292 g/mol. The summed E-state index contributed by atoms with van der Waals surface area (Å²) in [6, 6.07) is 9.97. The molecule has 1 nitrogen and oxygen atoms in total. The van der Waals surface area contributed by atoms with E-state index < -0.39 is 0 Å². The zero-order valence-electron chi connectivity index (χ0n) is 15.8. The van der Waals surface area contributed by atoms with Crippen LogP contribution in [0.2, 0.25) is 0 Å². The van der Waals surface area contributed by atoms with Crippen LogP contribution in [0.4, 0.5) is 0 Å². The van der Waals surface area contributed by atoms with Crippen LogP contribution in [0.25, 0.3) is 0 Å². The van der Waals surface area contributed by atoms with Crippen LogP contribution in [-0.2, 0) is 0 Å². The molecule has 0 heterocycles. The van der Waals surface area contributed by atoms with Gasteiger partial charge in [-0.15, -0.1) is 0 Å². The highest BCUT2D eigenvalue weighted by atomic mass is 16.1. The van der Waals surface area contributed by atoms with Gasteiger partial charge in [-0.3, -0.25) is 4.79 Å². The van der Waals surface area contributed by atoms with E-state index >= 15 is 0 Å².